The van der Waals surface area contributed by atoms with Crippen LogP contribution in [0.4, 0.5) is 5.69 Å². The van der Waals surface area contributed by atoms with Crippen LogP contribution in [0.3, 0.4) is 0 Å². The van der Waals surface area contributed by atoms with E-state index in [0.29, 0.717) is 0 Å². The Kier molecular flexibility index (Phi) is 4.67. The van der Waals surface area contributed by atoms with Crippen molar-refractivity contribution in [3.63, 3.8) is 0 Å². The zero-order valence-corrected chi connectivity index (χ0v) is 11.6. The molecule has 0 radical (unpaired) electrons. The van der Waals surface area contributed by atoms with Crippen molar-refractivity contribution >= 4 is 63.8 Å². The minimum Gasteiger partial charge on any atom is -0.320 e. The highest BCUT2D eigenvalue weighted by Gasteiger charge is 2.31. The van der Waals surface area contributed by atoms with E-state index in [2.05, 4.69) is 5.32 Å². The maximum atomic E-state index is 11.5. The van der Waals surface area contributed by atoms with Gasteiger partial charge >= 0.3 is 0 Å². The Balaban J connectivity index is 3.14. The first kappa shape index (κ1) is 14.6. The molecule has 0 atom stereocenters. The summed E-state index contributed by atoms with van der Waals surface area (Å²) in [5, 5.41) is 2.51. The number of amides is 1. The Bertz CT molecular complexity index is 468. The summed E-state index contributed by atoms with van der Waals surface area (Å²) >= 11 is 22.1. The van der Waals surface area contributed by atoms with Gasteiger partial charge in [0.05, 0.1) is 10.7 Å². The second-order valence-corrected chi connectivity index (χ2v) is 5.86. The number of hydrogen-bond acceptors (Lipinski definition) is 2. The van der Waals surface area contributed by atoms with Crippen LogP contribution in [0.25, 0.3) is 0 Å². The number of benzene rings is 1. The van der Waals surface area contributed by atoms with Crippen molar-refractivity contribution in [3.8, 4) is 0 Å². The lowest BCUT2D eigenvalue weighted by atomic mass is 10.1. The first-order chi connectivity index (χ1) is 7.73. The molecule has 0 bridgehead atoms. The molecule has 0 unspecified atom stereocenters. The van der Waals surface area contributed by atoms with Crippen molar-refractivity contribution in [2.24, 2.45) is 0 Å². The number of para-hydroxylation sites is 1. The summed E-state index contributed by atoms with van der Waals surface area (Å²) in [6.45, 7) is 1.34. The number of hydrogen-bond donors (Lipinski definition) is 1. The van der Waals surface area contributed by atoms with Crippen LogP contribution in [-0.2, 0) is 4.79 Å². The molecule has 0 spiro atoms. The van der Waals surface area contributed by atoms with Gasteiger partial charge in [0.1, 0.15) is 0 Å². The van der Waals surface area contributed by atoms with Crippen LogP contribution >= 0.6 is 46.4 Å². The number of Topliss-reactive ketones (excluding diaryl/α,β-unsaturated/α-hetero) is 1. The molecule has 0 saturated carbocycles. The number of alkyl halides is 3. The molecule has 0 aliphatic carbocycles. The minimum absolute atomic E-state index is 0.137. The lowest BCUT2D eigenvalue weighted by Gasteiger charge is -2.14. The number of anilines is 1. The second kappa shape index (κ2) is 5.44. The molecule has 1 amide bonds. The second-order valence-electron chi connectivity index (χ2n) is 3.17. The molecule has 1 aromatic rings. The largest absolute Gasteiger partial charge is 0.320 e. The van der Waals surface area contributed by atoms with Crippen LogP contribution in [0.5, 0.6) is 0 Å². The van der Waals surface area contributed by atoms with E-state index in [4.69, 9.17) is 46.4 Å². The van der Waals surface area contributed by atoms with Gasteiger partial charge < -0.3 is 5.32 Å². The Labute approximate surface area is 118 Å². The molecule has 7 heteroatoms. The van der Waals surface area contributed by atoms with E-state index in [1.165, 1.54) is 19.1 Å². The smallest absolute Gasteiger partial charge is 0.276 e. The third-order valence-electron chi connectivity index (χ3n) is 1.89. The van der Waals surface area contributed by atoms with Crippen LogP contribution in [-0.4, -0.2) is 15.5 Å². The summed E-state index contributed by atoms with van der Waals surface area (Å²) in [6.07, 6.45) is 0. The van der Waals surface area contributed by atoms with E-state index in [0.717, 1.165) is 0 Å². The lowest BCUT2D eigenvalue weighted by Crippen LogP contribution is -2.27. The van der Waals surface area contributed by atoms with Crippen molar-refractivity contribution in [2.45, 2.75) is 10.7 Å². The number of carbonyl (C=O) groups is 2. The molecular formula is C10H7Cl4NO2. The number of ketones is 1. The molecule has 0 saturated heterocycles. The van der Waals surface area contributed by atoms with Gasteiger partial charge in [-0.1, -0.05) is 52.5 Å². The summed E-state index contributed by atoms with van der Waals surface area (Å²) in [5.74, 6) is -1.13. The molecule has 1 N–H and O–H groups in total. The van der Waals surface area contributed by atoms with Crippen LogP contribution in [0.2, 0.25) is 5.02 Å². The summed E-state index contributed by atoms with van der Waals surface area (Å²) in [7, 11) is 0. The van der Waals surface area contributed by atoms with E-state index >= 15 is 0 Å². The number of halogens is 4. The fraction of sp³-hybridized carbons (Fsp3) is 0.200. The molecule has 0 aromatic heterocycles. The zero-order valence-electron chi connectivity index (χ0n) is 8.56. The predicted molar refractivity (Wildman–Crippen MR) is 70.4 cm³/mol. The van der Waals surface area contributed by atoms with Crippen molar-refractivity contribution in [3.05, 3.63) is 28.8 Å². The molecule has 0 fully saturated rings. The first-order valence-electron chi connectivity index (χ1n) is 4.41. The zero-order chi connectivity index (χ0) is 13.2. The van der Waals surface area contributed by atoms with E-state index < -0.39 is 9.70 Å². The normalized spacial score (nSPS) is 11.1. The van der Waals surface area contributed by atoms with Crippen LogP contribution in [0.15, 0.2) is 18.2 Å². The van der Waals surface area contributed by atoms with Gasteiger partial charge in [0.15, 0.2) is 5.78 Å². The number of nitrogens with one attached hydrogen (secondary N) is 1. The number of rotatable bonds is 2. The summed E-state index contributed by atoms with van der Waals surface area (Å²) in [6, 6.07) is 4.62. The van der Waals surface area contributed by atoms with Crippen molar-refractivity contribution in [2.75, 3.05) is 5.32 Å². The van der Waals surface area contributed by atoms with E-state index in [-0.39, 0.29) is 22.1 Å². The van der Waals surface area contributed by atoms with Gasteiger partial charge in [-0.15, -0.1) is 0 Å². The molecular weight excluding hydrogens is 308 g/mol. The first-order valence-corrected chi connectivity index (χ1v) is 5.92. The maximum Gasteiger partial charge on any atom is 0.276 e. The molecule has 92 valence electrons. The SMILES string of the molecule is CC(=O)c1cccc(Cl)c1NC(=O)C(Cl)(Cl)Cl. The monoisotopic (exact) mass is 313 g/mol. The highest BCUT2D eigenvalue weighted by Crippen LogP contribution is 2.31. The Morgan fingerprint density at radius 3 is 2.29 bits per heavy atom. The lowest BCUT2D eigenvalue weighted by molar-refractivity contribution is -0.115. The van der Waals surface area contributed by atoms with Crippen molar-refractivity contribution in [1.82, 2.24) is 0 Å². The quantitative estimate of drug-likeness (QED) is 0.665. The van der Waals surface area contributed by atoms with Crippen LogP contribution in [0.1, 0.15) is 17.3 Å². The average molecular weight is 315 g/mol. The summed E-state index contributed by atoms with van der Waals surface area (Å²) in [4.78, 5) is 22.8. The van der Waals surface area contributed by atoms with E-state index in [1.807, 2.05) is 0 Å². The molecule has 17 heavy (non-hydrogen) atoms. The summed E-state index contributed by atoms with van der Waals surface area (Å²) < 4.78 is -2.12. The number of carbonyl (C=O) groups excluding carboxylic acids is 2. The molecule has 0 aliphatic heterocycles. The third-order valence-corrected chi connectivity index (χ3v) is 2.72. The molecule has 0 aliphatic rings. The van der Waals surface area contributed by atoms with E-state index in [9.17, 15) is 9.59 Å². The van der Waals surface area contributed by atoms with Gasteiger partial charge in [-0.3, -0.25) is 9.59 Å². The topological polar surface area (TPSA) is 46.2 Å². The van der Waals surface area contributed by atoms with Crippen LogP contribution in [0, 0.1) is 0 Å². The van der Waals surface area contributed by atoms with Gasteiger partial charge in [0.2, 0.25) is 0 Å². The Hall–Kier alpha value is -0.480. The van der Waals surface area contributed by atoms with Gasteiger partial charge in [-0.05, 0) is 19.1 Å². The fourth-order valence-corrected chi connectivity index (χ4v) is 1.49. The van der Waals surface area contributed by atoms with Gasteiger partial charge in [-0.25, -0.2) is 0 Å². The Morgan fingerprint density at radius 1 is 1.24 bits per heavy atom. The average Bonchev–Trinajstić information content (AvgIpc) is 2.18. The van der Waals surface area contributed by atoms with Crippen molar-refractivity contribution in [1.29, 1.82) is 0 Å². The molecule has 3 nitrogen and oxygen atoms in total. The molecule has 1 aromatic carbocycles. The fourth-order valence-electron chi connectivity index (χ4n) is 1.13. The highest BCUT2D eigenvalue weighted by atomic mass is 35.6. The maximum absolute atomic E-state index is 11.5. The molecule has 1 rings (SSSR count). The standard InChI is InChI=1S/C10H7Cl4NO2/c1-5(16)6-3-2-4-7(11)8(6)15-9(17)10(12,13)14/h2-4H,1H3,(H,15,17). The third kappa shape index (κ3) is 3.75. The Morgan fingerprint density at radius 2 is 1.82 bits per heavy atom. The van der Waals surface area contributed by atoms with Crippen LogP contribution < -0.4 is 5.32 Å². The van der Waals surface area contributed by atoms with Gasteiger partial charge in [0, 0.05) is 5.56 Å². The van der Waals surface area contributed by atoms with Gasteiger partial charge in [-0.2, -0.15) is 0 Å². The molecule has 0 heterocycles. The van der Waals surface area contributed by atoms with Gasteiger partial charge in [0.25, 0.3) is 9.70 Å². The van der Waals surface area contributed by atoms with Crippen molar-refractivity contribution < 1.29 is 9.59 Å². The highest BCUT2D eigenvalue weighted by molar-refractivity contribution is 6.76. The van der Waals surface area contributed by atoms with E-state index in [1.54, 1.807) is 6.07 Å². The summed E-state index contributed by atoms with van der Waals surface area (Å²) in [5.41, 5.74) is 0.387. The predicted octanol–water partition coefficient (Wildman–Crippen LogP) is 3.85. The minimum atomic E-state index is -2.12.